The molecule has 0 aromatic heterocycles. The van der Waals surface area contributed by atoms with Crippen LogP contribution >= 0.6 is 23.2 Å². The van der Waals surface area contributed by atoms with Crippen LogP contribution in [0.1, 0.15) is 6.42 Å². The third kappa shape index (κ3) is 3.84. The third-order valence-corrected chi connectivity index (χ3v) is 9.04. The molecule has 1 amide bonds. The van der Waals surface area contributed by atoms with Gasteiger partial charge in [-0.3, -0.25) is 9.52 Å². The SMILES string of the molecule is O=C1CC2CS(=O)(=O)CC2N1c1ccc(Cl)c(S(=O)(=O)Nc2ccccc2Cl)c1. The smallest absolute Gasteiger partial charge is 0.263 e. The maximum atomic E-state index is 12.9. The lowest BCUT2D eigenvalue weighted by Crippen LogP contribution is -2.36. The average Bonchev–Trinajstić information content (AvgIpc) is 3.07. The largest absolute Gasteiger partial charge is 0.308 e. The maximum Gasteiger partial charge on any atom is 0.263 e. The van der Waals surface area contributed by atoms with Gasteiger partial charge in [-0.2, -0.15) is 0 Å². The highest BCUT2D eigenvalue weighted by atomic mass is 35.5. The van der Waals surface area contributed by atoms with Gasteiger partial charge in [0, 0.05) is 18.0 Å². The molecule has 2 saturated heterocycles. The van der Waals surface area contributed by atoms with Crippen molar-refractivity contribution in [1.29, 1.82) is 0 Å². The number of sulfonamides is 1. The van der Waals surface area contributed by atoms with Crippen molar-refractivity contribution in [1.82, 2.24) is 0 Å². The summed E-state index contributed by atoms with van der Waals surface area (Å²) in [6.07, 6.45) is 0.118. The molecule has 0 spiro atoms. The van der Waals surface area contributed by atoms with Crippen molar-refractivity contribution in [3.8, 4) is 0 Å². The Morgan fingerprint density at radius 3 is 2.48 bits per heavy atom. The molecule has 7 nitrogen and oxygen atoms in total. The minimum absolute atomic E-state index is 0.0319. The Kier molecular flexibility index (Phi) is 5.05. The highest BCUT2D eigenvalue weighted by molar-refractivity contribution is 7.93. The van der Waals surface area contributed by atoms with Crippen LogP contribution in [0, 0.1) is 5.92 Å². The Labute approximate surface area is 178 Å². The Morgan fingerprint density at radius 1 is 1.03 bits per heavy atom. The lowest BCUT2D eigenvalue weighted by Gasteiger charge is -2.24. The Hall–Kier alpha value is -1.81. The van der Waals surface area contributed by atoms with Crippen LogP contribution in [-0.4, -0.2) is 40.3 Å². The van der Waals surface area contributed by atoms with Gasteiger partial charge in [0.15, 0.2) is 9.84 Å². The fourth-order valence-corrected chi connectivity index (χ4v) is 7.73. The number of fused-ring (bicyclic) bond motifs is 1. The molecule has 4 rings (SSSR count). The Bertz CT molecular complexity index is 1210. The first-order valence-electron chi connectivity index (χ1n) is 8.67. The lowest BCUT2D eigenvalue weighted by molar-refractivity contribution is -0.117. The lowest BCUT2D eigenvalue weighted by atomic mass is 10.1. The zero-order valence-corrected chi connectivity index (χ0v) is 18.0. The van der Waals surface area contributed by atoms with Crippen molar-refractivity contribution in [3.05, 3.63) is 52.5 Å². The fourth-order valence-electron chi connectivity index (χ4n) is 3.82. The van der Waals surface area contributed by atoms with E-state index in [9.17, 15) is 21.6 Å². The second-order valence-electron chi connectivity index (χ2n) is 7.07. The molecule has 2 fully saturated rings. The molecule has 2 aliphatic heterocycles. The zero-order chi connectivity index (χ0) is 21.0. The molecule has 2 atom stereocenters. The highest BCUT2D eigenvalue weighted by Gasteiger charge is 2.49. The van der Waals surface area contributed by atoms with E-state index in [4.69, 9.17) is 23.2 Å². The quantitative estimate of drug-likeness (QED) is 0.733. The average molecular weight is 475 g/mol. The standard InChI is InChI=1S/C18H16Cl2N2O5S2/c19-13-3-1-2-4-15(13)21-29(26,27)17-8-12(5-6-14(17)20)22-16-10-28(24,25)9-11(16)7-18(22)23/h1-6,8,11,16,21H,7,9-10H2. The van der Waals surface area contributed by atoms with E-state index in [-0.39, 0.29) is 50.4 Å². The summed E-state index contributed by atoms with van der Waals surface area (Å²) in [7, 11) is -7.33. The summed E-state index contributed by atoms with van der Waals surface area (Å²) in [6, 6.07) is 10.0. The molecule has 29 heavy (non-hydrogen) atoms. The number of nitrogens with zero attached hydrogens (tertiary/aromatic N) is 1. The maximum absolute atomic E-state index is 12.9. The van der Waals surface area contributed by atoms with Crippen molar-refractivity contribution in [2.45, 2.75) is 17.4 Å². The van der Waals surface area contributed by atoms with Crippen LogP contribution in [0.3, 0.4) is 0 Å². The zero-order valence-electron chi connectivity index (χ0n) is 14.9. The van der Waals surface area contributed by atoms with Crippen LogP contribution in [0.5, 0.6) is 0 Å². The van der Waals surface area contributed by atoms with Crippen molar-refractivity contribution in [2.75, 3.05) is 21.1 Å². The summed E-state index contributed by atoms with van der Waals surface area (Å²) in [5.74, 6) is -0.692. The molecular weight excluding hydrogens is 459 g/mol. The van der Waals surface area contributed by atoms with Gasteiger partial charge in [-0.1, -0.05) is 35.3 Å². The first-order valence-corrected chi connectivity index (χ1v) is 12.7. The number of rotatable bonds is 4. The van der Waals surface area contributed by atoms with Crippen LogP contribution in [0.15, 0.2) is 47.4 Å². The van der Waals surface area contributed by atoms with Crippen molar-refractivity contribution in [2.24, 2.45) is 5.92 Å². The predicted molar refractivity (Wildman–Crippen MR) is 112 cm³/mol. The van der Waals surface area contributed by atoms with Crippen LogP contribution in [-0.2, 0) is 24.7 Å². The number of amides is 1. The molecule has 2 aromatic rings. The van der Waals surface area contributed by atoms with E-state index in [1.54, 1.807) is 18.2 Å². The number of halogens is 2. The number of anilines is 2. The first-order chi connectivity index (χ1) is 13.6. The molecule has 2 aliphatic rings. The van der Waals surface area contributed by atoms with Crippen molar-refractivity contribution >= 4 is 60.3 Å². The molecule has 2 heterocycles. The molecule has 0 bridgehead atoms. The minimum Gasteiger partial charge on any atom is -0.308 e. The number of nitrogens with one attached hydrogen (secondary N) is 1. The molecule has 11 heteroatoms. The van der Waals surface area contributed by atoms with E-state index >= 15 is 0 Å². The van der Waals surface area contributed by atoms with Crippen molar-refractivity contribution in [3.63, 3.8) is 0 Å². The molecular formula is C18H16Cl2N2O5S2. The van der Waals surface area contributed by atoms with Crippen LogP contribution in [0.2, 0.25) is 10.0 Å². The molecule has 0 aliphatic carbocycles. The van der Waals surface area contributed by atoms with E-state index in [0.29, 0.717) is 5.69 Å². The normalized spacial score (nSPS) is 23.2. The number of carbonyl (C=O) groups is 1. The summed E-state index contributed by atoms with van der Waals surface area (Å²) in [5.41, 5.74) is 0.485. The van der Waals surface area contributed by atoms with Crippen LogP contribution < -0.4 is 9.62 Å². The van der Waals surface area contributed by atoms with E-state index in [1.807, 2.05) is 0 Å². The Morgan fingerprint density at radius 2 is 1.76 bits per heavy atom. The summed E-state index contributed by atoms with van der Waals surface area (Å²) < 4.78 is 52.1. The molecule has 2 unspecified atom stereocenters. The van der Waals surface area contributed by atoms with Gasteiger partial charge in [0.2, 0.25) is 5.91 Å². The number of benzene rings is 2. The summed E-state index contributed by atoms with van der Waals surface area (Å²) in [4.78, 5) is 13.6. The van der Waals surface area contributed by atoms with Crippen LogP contribution in [0.25, 0.3) is 0 Å². The molecule has 2 aromatic carbocycles. The van der Waals surface area contributed by atoms with Gasteiger partial charge < -0.3 is 4.90 Å². The molecule has 154 valence electrons. The van der Waals surface area contributed by atoms with E-state index in [1.165, 1.54) is 29.2 Å². The summed E-state index contributed by atoms with van der Waals surface area (Å²) >= 11 is 12.2. The third-order valence-electron chi connectivity index (χ3n) is 5.07. The van der Waals surface area contributed by atoms with Gasteiger partial charge in [-0.05, 0) is 30.3 Å². The van der Waals surface area contributed by atoms with E-state index in [2.05, 4.69) is 4.72 Å². The minimum atomic E-state index is -4.10. The Balaban J connectivity index is 1.71. The number of carbonyl (C=O) groups excluding carboxylic acids is 1. The monoisotopic (exact) mass is 474 g/mol. The molecule has 0 saturated carbocycles. The van der Waals surface area contributed by atoms with Gasteiger partial charge in [-0.15, -0.1) is 0 Å². The number of sulfone groups is 1. The van der Waals surface area contributed by atoms with Gasteiger partial charge in [0.1, 0.15) is 4.90 Å². The first kappa shape index (κ1) is 20.5. The number of para-hydroxylation sites is 1. The number of hydrogen-bond acceptors (Lipinski definition) is 5. The van der Waals surface area contributed by atoms with Gasteiger partial charge in [0.05, 0.1) is 33.3 Å². The molecule has 1 N–H and O–H groups in total. The topological polar surface area (TPSA) is 101 Å². The summed E-state index contributed by atoms with van der Waals surface area (Å²) in [6.45, 7) is 0. The predicted octanol–water partition coefficient (Wildman–Crippen LogP) is 2.94. The molecule has 0 radical (unpaired) electrons. The van der Waals surface area contributed by atoms with E-state index in [0.717, 1.165) is 0 Å². The van der Waals surface area contributed by atoms with Crippen LogP contribution in [0.4, 0.5) is 11.4 Å². The second kappa shape index (κ2) is 7.16. The highest BCUT2D eigenvalue weighted by Crippen LogP contribution is 2.39. The van der Waals surface area contributed by atoms with Gasteiger partial charge >= 0.3 is 0 Å². The van der Waals surface area contributed by atoms with Crippen molar-refractivity contribution < 1.29 is 21.6 Å². The fraction of sp³-hybridized carbons (Fsp3) is 0.278. The second-order valence-corrected chi connectivity index (χ2v) is 11.7. The van der Waals surface area contributed by atoms with Gasteiger partial charge in [-0.25, -0.2) is 16.8 Å². The number of hydrogen-bond donors (Lipinski definition) is 1. The summed E-state index contributed by atoms with van der Waals surface area (Å²) in [5, 5.41) is 0.188. The van der Waals surface area contributed by atoms with E-state index < -0.39 is 25.9 Å². The van der Waals surface area contributed by atoms with Gasteiger partial charge in [0.25, 0.3) is 10.0 Å².